The summed E-state index contributed by atoms with van der Waals surface area (Å²) >= 11 is 6.04. The first kappa shape index (κ1) is 22.2. The fourth-order valence-electron chi connectivity index (χ4n) is 3.07. The van der Waals surface area contributed by atoms with E-state index in [9.17, 15) is 13.2 Å². The van der Waals surface area contributed by atoms with Crippen molar-refractivity contribution in [2.75, 3.05) is 17.1 Å². The third-order valence-electron chi connectivity index (χ3n) is 4.55. The van der Waals surface area contributed by atoms with Crippen LogP contribution in [0.3, 0.4) is 0 Å². The lowest BCUT2D eigenvalue weighted by Gasteiger charge is -2.24. The van der Waals surface area contributed by atoms with Gasteiger partial charge in [0.15, 0.2) is 0 Å². The van der Waals surface area contributed by atoms with Gasteiger partial charge in [-0.15, -0.1) is 0 Å². The van der Waals surface area contributed by atoms with Gasteiger partial charge in [-0.2, -0.15) is 0 Å². The predicted octanol–water partition coefficient (Wildman–Crippen LogP) is 4.46. The molecule has 2 aromatic rings. The molecule has 0 fully saturated rings. The number of carbonyl (C=O) groups is 1. The molecule has 1 N–H and O–H groups in total. The Labute approximate surface area is 172 Å². The number of rotatable bonds is 9. The largest absolute Gasteiger partial charge is 0.349 e. The number of carbonyl (C=O) groups excluding carboxylic acids is 1. The van der Waals surface area contributed by atoms with Crippen LogP contribution in [0.5, 0.6) is 0 Å². The van der Waals surface area contributed by atoms with Crippen molar-refractivity contribution < 1.29 is 13.2 Å². The lowest BCUT2D eigenvalue weighted by molar-refractivity contribution is -0.121. The van der Waals surface area contributed by atoms with Gasteiger partial charge in [-0.3, -0.25) is 9.10 Å². The Morgan fingerprint density at radius 3 is 2.46 bits per heavy atom. The molecule has 2 rings (SSSR count). The van der Waals surface area contributed by atoms with Gasteiger partial charge >= 0.3 is 0 Å². The average molecular weight is 423 g/mol. The first-order chi connectivity index (χ1) is 13.2. The molecule has 0 aliphatic heterocycles. The van der Waals surface area contributed by atoms with E-state index < -0.39 is 10.0 Å². The molecule has 0 aromatic heterocycles. The second-order valence-electron chi connectivity index (χ2n) is 6.81. The molecule has 0 aliphatic carbocycles. The molecule has 1 atom stereocenters. The number of hydrogen-bond acceptors (Lipinski definition) is 3. The van der Waals surface area contributed by atoms with Crippen LogP contribution in [0.25, 0.3) is 0 Å². The first-order valence-corrected chi connectivity index (χ1v) is 11.5. The zero-order valence-corrected chi connectivity index (χ0v) is 18.1. The van der Waals surface area contributed by atoms with E-state index >= 15 is 0 Å². The molecule has 152 valence electrons. The number of nitrogens with zero attached hydrogens (tertiary/aromatic N) is 1. The van der Waals surface area contributed by atoms with Crippen molar-refractivity contribution in [3.05, 3.63) is 64.7 Å². The number of hydrogen-bond donors (Lipinski definition) is 1. The lowest BCUT2D eigenvalue weighted by Crippen LogP contribution is -2.33. The summed E-state index contributed by atoms with van der Waals surface area (Å²) < 4.78 is 25.8. The fourth-order valence-corrected chi connectivity index (χ4v) is 4.25. The Kier molecular flexibility index (Phi) is 7.89. The zero-order valence-electron chi connectivity index (χ0n) is 16.5. The summed E-state index contributed by atoms with van der Waals surface area (Å²) in [6.07, 6.45) is 2.61. The van der Waals surface area contributed by atoms with Gasteiger partial charge in [-0.1, -0.05) is 54.9 Å². The van der Waals surface area contributed by atoms with Gasteiger partial charge in [-0.05, 0) is 43.0 Å². The van der Waals surface area contributed by atoms with E-state index in [-0.39, 0.29) is 24.9 Å². The molecule has 1 unspecified atom stereocenters. The van der Waals surface area contributed by atoms with Crippen molar-refractivity contribution in [2.24, 2.45) is 0 Å². The molecule has 2 aromatic carbocycles. The monoisotopic (exact) mass is 422 g/mol. The van der Waals surface area contributed by atoms with Crippen molar-refractivity contribution >= 4 is 33.2 Å². The molecular weight excluding hydrogens is 396 g/mol. The molecular formula is C21H27ClN2O3S. The van der Waals surface area contributed by atoms with Gasteiger partial charge < -0.3 is 5.32 Å². The predicted molar refractivity (Wildman–Crippen MR) is 115 cm³/mol. The van der Waals surface area contributed by atoms with Crippen LogP contribution in [0, 0.1) is 6.92 Å². The molecule has 28 heavy (non-hydrogen) atoms. The minimum Gasteiger partial charge on any atom is -0.349 e. The third kappa shape index (κ3) is 6.24. The number of nitrogens with one attached hydrogen (secondary N) is 1. The van der Waals surface area contributed by atoms with E-state index in [1.54, 1.807) is 18.2 Å². The maximum Gasteiger partial charge on any atom is 0.232 e. The SMILES string of the molecule is CCC(NC(=O)CCCN(c1cc(Cl)ccc1C)S(C)(=O)=O)c1ccccc1. The van der Waals surface area contributed by atoms with Crippen LogP contribution < -0.4 is 9.62 Å². The summed E-state index contributed by atoms with van der Waals surface area (Å²) in [5.41, 5.74) is 2.42. The summed E-state index contributed by atoms with van der Waals surface area (Å²) in [5, 5.41) is 3.50. The van der Waals surface area contributed by atoms with Crippen LogP contribution in [-0.2, 0) is 14.8 Å². The van der Waals surface area contributed by atoms with Crippen LogP contribution in [0.15, 0.2) is 48.5 Å². The smallest absolute Gasteiger partial charge is 0.232 e. The zero-order chi connectivity index (χ0) is 20.7. The maximum absolute atomic E-state index is 12.4. The average Bonchev–Trinajstić information content (AvgIpc) is 2.65. The number of aryl methyl sites for hydroxylation is 1. The van der Waals surface area contributed by atoms with Crippen molar-refractivity contribution in [1.29, 1.82) is 0 Å². The topological polar surface area (TPSA) is 66.5 Å². The first-order valence-electron chi connectivity index (χ1n) is 9.30. The second-order valence-corrected chi connectivity index (χ2v) is 9.15. The summed E-state index contributed by atoms with van der Waals surface area (Å²) in [6, 6.07) is 14.9. The van der Waals surface area contributed by atoms with E-state index in [0.717, 1.165) is 23.8 Å². The highest BCUT2D eigenvalue weighted by molar-refractivity contribution is 7.92. The molecule has 0 saturated carbocycles. The van der Waals surface area contributed by atoms with Crippen molar-refractivity contribution in [3.8, 4) is 0 Å². The Morgan fingerprint density at radius 1 is 1.18 bits per heavy atom. The van der Waals surface area contributed by atoms with Crippen molar-refractivity contribution in [2.45, 2.75) is 39.2 Å². The van der Waals surface area contributed by atoms with E-state index in [4.69, 9.17) is 11.6 Å². The minimum atomic E-state index is -3.48. The summed E-state index contributed by atoms with van der Waals surface area (Å²) in [5.74, 6) is -0.0908. The molecule has 0 spiro atoms. The molecule has 5 nitrogen and oxygen atoms in total. The summed E-state index contributed by atoms with van der Waals surface area (Å²) in [7, 11) is -3.48. The summed E-state index contributed by atoms with van der Waals surface area (Å²) in [4.78, 5) is 12.4. The van der Waals surface area contributed by atoms with Crippen LogP contribution in [0.1, 0.15) is 43.4 Å². The number of sulfonamides is 1. The quantitative estimate of drug-likeness (QED) is 0.648. The van der Waals surface area contributed by atoms with Crippen molar-refractivity contribution in [3.63, 3.8) is 0 Å². The van der Waals surface area contributed by atoms with E-state index in [1.807, 2.05) is 44.2 Å². The highest BCUT2D eigenvalue weighted by Crippen LogP contribution is 2.26. The molecule has 0 aliphatic rings. The normalized spacial score (nSPS) is 12.4. The Hall–Kier alpha value is -2.05. The molecule has 7 heteroatoms. The number of halogens is 1. The highest BCUT2D eigenvalue weighted by atomic mass is 35.5. The number of amides is 1. The Morgan fingerprint density at radius 2 is 1.86 bits per heavy atom. The van der Waals surface area contributed by atoms with Gasteiger partial charge in [0, 0.05) is 18.0 Å². The van der Waals surface area contributed by atoms with Crippen LogP contribution in [0.4, 0.5) is 5.69 Å². The van der Waals surface area contributed by atoms with Crippen LogP contribution in [0.2, 0.25) is 5.02 Å². The van der Waals surface area contributed by atoms with E-state index in [0.29, 0.717) is 17.1 Å². The molecule has 0 heterocycles. The molecule has 0 radical (unpaired) electrons. The second kappa shape index (κ2) is 9.94. The molecule has 1 amide bonds. The van der Waals surface area contributed by atoms with Gasteiger partial charge in [0.1, 0.15) is 0 Å². The molecule has 0 saturated heterocycles. The number of anilines is 1. The van der Waals surface area contributed by atoms with Crippen LogP contribution >= 0.6 is 11.6 Å². The van der Waals surface area contributed by atoms with Crippen molar-refractivity contribution in [1.82, 2.24) is 5.32 Å². The van der Waals surface area contributed by atoms with Gasteiger partial charge in [0.05, 0.1) is 18.0 Å². The van der Waals surface area contributed by atoms with E-state index in [1.165, 1.54) is 4.31 Å². The number of benzene rings is 2. The summed E-state index contributed by atoms with van der Waals surface area (Å²) in [6.45, 7) is 4.07. The van der Waals surface area contributed by atoms with Gasteiger partial charge in [-0.25, -0.2) is 8.42 Å². The Bertz CT molecular complexity index is 901. The van der Waals surface area contributed by atoms with Gasteiger partial charge in [0.2, 0.25) is 15.9 Å². The van der Waals surface area contributed by atoms with Gasteiger partial charge in [0.25, 0.3) is 0 Å². The maximum atomic E-state index is 12.4. The molecule has 0 bridgehead atoms. The highest BCUT2D eigenvalue weighted by Gasteiger charge is 2.20. The Balaban J connectivity index is 2.00. The van der Waals surface area contributed by atoms with Crippen LogP contribution in [-0.4, -0.2) is 27.1 Å². The standard InChI is InChI=1S/C21H27ClN2O3S/c1-4-19(17-9-6-5-7-10-17)23-21(25)11-8-14-24(28(3,26)27)20-15-18(22)13-12-16(20)2/h5-7,9-10,12-13,15,19H,4,8,11,14H2,1-3H3,(H,23,25). The van der Waals surface area contributed by atoms with E-state index in [2.05, 4.69) is 5.32 Å². The fraction of sp³-hybridized carbons (Fsp3) is 0.381. The minimum absolute atomic E-state index is 0.0464. The lowest BCUT2D eigenvalue weighted by atomic mass is 10.0. The third-order valence-corrected chi connectivity index (χ3v) is 5.97.